The van der Waals surface area contributed by atoms with Gasteiger partial charge >= 0.3 is 0 Å². The molecule has 0 unspecified atom stereocenters. The third-order valence-corrected chi connectivity index (χ3v) is 4.76. The topological polar surface area (TPSA) is 27.1 Å². The zero-order chi connectivity index (χ0) is 15.0. The van der Waals surface area contributed by atoms with Crippen LogP contribution in [0.1, 0.15) is 25.6 Å². The standard InChI is InChI=1S/C15H17Cl2FN2O/c1-15(2-4-21-5-3-15)9-20-13-6-10(17)11(18)7-12(13)19-14(20)8-16/h6-7H,2-5,8-9H2,1H3. The number of nitrogens with zero attached hydrogens (tertiary/aromatic N) is 2. The Hall–Kier alpha value is -0.840. The van der Waals surface area contributed by atoms with Gasteiger partial charge in [-0.3, -0.25) is 0 Å². The van der Waals surface area contributed by atoms with Gasteiger partial charge in [0.1, 0.15) is 11.6 Å². The molecule has 1 aliphatic heterocycles. The van der Waals surface area contributed by atoms with Gasteiger partial charge in [0.2, 0.25) is 0 Å². The van der Waals surface area contributed by atoms with Crippen LogP contribution < -0.4 is 0 Å². The van der Waals surface area contributed by atoms with E-state index in [2.05, 4.69) is 16.5 Å². The quantitative estimate of drug-likeness (QED) is 0.780. The molecule has 21 heavy (non-hydrogen) atoms. The van der Waals surface area contributed by atoms with Gasteiger partial charge in [0.25, 0.3) is 0 Å². The number of ether oxygens (including phenoxy) is 1. The second-order valence-corrected chi connectivity index (χ2v) is 6.60. The van der Waals surface area contributed by atoms with Crippen LogP contribution in [0.2, 0.25) is 5.02 Å². The van der Waals surface area contributed by atoms with Crippen molar-refractivity contribution in [1.29, 1.82) is 0 Å². The van der Waals surface area contributed by atoms with Gasteiger partial charge in [0.05, 0.1) is 21.9 Å². The molecule has 0 bridgehead atoms. The van der Waals surface area contributed by atoms with Gasteiger partial charge in [-0.05, 0) is 24.3 Å². The summed E-state index contributed by atoms with van der Waals surface area (Å²) in [6.45, 7) is 4.57. The minimum absolute atomic E-state index is 0.113. The van der Waals surface area contributed by atoms with E-state index in [0.717, 1.165) is 43.9 Å². The molecule has 1 fully saturated rings. The summed E-state index contributed by atoms with van der Waals surface area (Å²) >= 11 is 11.9. The first-order valence-electron chi connectivity index (χ1n) is 7.00. The van der Waals surface area contributed by atoms with Crippen LogP contribution in [-0.4, -0.2) is 22.8 Å². The van der Waals surface area contributed by atoms with Crippen LogP contribution in [0.25, 0.3) is 11.0 Å². The van der Waals surface area contributed by atoms with Crippen LogP contribution in [0.4, 0.5) is 4.39 Å². The molecule has 0 atom stereocenters. The number of aromatic nitrogens is 2. The Balaban J connectivity index is 2.05. The summed E-state index contributed by atoms with van der Waals surface area (Å²) in [5.74, 6) is 0.591. The van der Waals surface area contributed by atoms with E-state index < -0.39 is 5.82 Å². The van der Waals surface area contributed by atoms with Crippen LogP contribution in [-0.2, 0) is 17.2 Å². The van der Waals surface area contributed by atoms with Crippen molar-refractivity contribution >= 4 is 34.2 Å². The number of halogens is 3. The molecule has 1 aromatic carbocycles. The molecule has 3 rings (SSSR count). The van der Waals surface area contributed by atoms with E-state index in [-0.39, 0.29) is 10.4 Å². The van der Waals surface area contributed by atoms with Gasteiger partial charge in [0, 0.05) is 25.8 Å². The average molecular weight is 331 g/mol. The molecule has 0 aliphatic carbocycles. The van der Waals surface area contributed by atoms with Gasteiger partial charge in [-0.25, -0.2) is 9.37 Å². The number of rotatable bonds is 3. The highest BCUT2D eigenvalue weighted by Gasteiger charge is 2.29. The molecule has 2 aromatic rings. The van der Waals surface area contributed by atoms with Crippen LogP contribution in [0.5, 0.6) is 0 Å². The monoisotopic (exact) mass is 330 g/mol. The molecule has 0 spiro atoms. The third-order valence-electron chi connectivity index (χ3n) is 4.23. The maximum absolute atomic E-state index is 13.6. The molecule has 1 aliphatic rings. The smallest absolute Gasteiger partial charge is 0.144 e. The Morgan fingerprint density at radius 3 is 2.76 bits per heavy atom. The number of hydrogen-bond acceptors (Lipinski definition) is 2. The molecule has 0 saturated carbocycles. The molecule has 3 nitrogen and oxygen atoms in total. The zero-order valence-corrected chi connectivity index (χ0v) is 13.3. The van der Waals surface area contributed by atoms with Crippen LogP contribution in [0.15, 0.2) is 12.1 Å². The second kappa shape index (κ2) is 5.75. The highest BCUT2D eigenvalue weighted by atomic mass is 35.5. The Bertz CT molecular complexity index is 665. The molecule has 0 N–H and O–H groups in total. The normalized spacial score (nSPS) is 18.3. The van der Waals surface area contributed by atoms with E-state index in [0.29, 0.717) is 11.4 Å². The molecule has 1 aromatic heterocycles. The van der Waals surface area contributed by atoms with Gasteiger partial charge in [-0.2, -0.15) is 0 Å². The van der Waals surface area contributed by atoms with E-state index >= 15 is 0 Å². The van der Waals surface area contributed by atoms with Crippen molar-refractivity contribution in [1.82, 2.24) is 9.55 Å². The average Bonchev–Trinajstić information content (AvgIpc) is 2.77. The zero-order valence-electron chi connectivity index (χ0n) is 11.8. The van der Waals surface area contributed by atoms with Crippen molar-refractivity contribution in [2.75, 3.05) is 13.2 Å². The lowest BCUT2D eigenvalue weighted by atomic mass is 9.82. The molecule has 1 saturated heterocycles. The maximum atomic E-state index is 13.6. The minimum atomic E-state index is -0.452. The predicted octanol–water partition coefficient (Wildman–Crippen LogP) is 4.38. The van der Waals surface area contributed by atoms with Gasteiger partial charge in [-0.15, -0.1) is 11.6 Å². The summed E-state index contributed by atoms with van der Waals surface area (Å²) in [6, 6.07) is 3.01. The fraction of sp³-hybridized carbons (Fsp3) is 0.533. The van der Waals surface area contributed by atoms with E-state index in [4.69, 9.17) is 27.9 Å². The Morgan fingerprint density at radius 1 is 1.38 bits per heavy atom. The van der Waals surface area contributed by atoms with Gasteiger partial charge < -0.3 is 9.30 Å². The van der Waals surface area contributed by atoms with Crippen molar-refractivity contribution in [3.63, 3.8) is 0 Å². The molecular formula is C15H17Cl2FN2O. The Morgan fingerprint density at radius 2 is 2.10 bits per heavy atom. The summed E-state index contributed by atoms with van der Waals surface area (Å²) in [4.78, 5) is 4.43. The van der Waals surface area contributed by atoms with E-state index in [1.807, 2.05) is 0 Å². The number of benzene rings is 1. The van der Waals surface area contributed by atoms with Crippen LogP contribution in [0, 0.1) is 11.2 Å². The Labute approximate surface area is 133 Å². The lowest BCUT2D eigenvalue weighted by molar-refractivity contribution is 0.0157. The summed E-state index contributed by atoms with van der Waals surface area (Å²) in [6.07, 6.45) is 1.98. The number of imidazole rings is 1. The number of hydrogen-bond donors (Lipinski definition) is 0. The summed E-state index contributed by atoms with van der Waals surface area (Å²) in [5, 5.41) is 0.113. The predicted molar refractivity (Wildman–Crippen MR) is 82.4 cm³/mol. The lowest BCUT2D eigenvalue weighted by Gasteiger charge is -2.34. The van der Waals surface area contributed by atoms with E-state index in [9.17, 15) is 4.39 Å². The summed E-state index contributed by atoms with van der Waals surface area (Å²) in [7, 11) is 0. The molecular weight excluding hydrogens is 314 g/mol. The van der Waals surface area contributed by atoms with Gasteiger partial charge in [0.15, 0.2) is 0 Å². The first kappa shape index (κ1) is 15.1. The Kier molecular flexibility index (Phi) is 4.12. The third kappa shape index (κ3) is 2.89. The van der Waals surface area contributed by atoms with Gasteiger partial charge in [-0.1, -0.05) is 18.5 Å². The first-order valence-corrected chi connectivity index (χ1v) is 7.91. The fourth-order valence-electron chi connectivity index (χ4n) is 2.85. The second-order valence-electron chi connectivity index (χ2n) is 5.93. The highest BCUT2D eigenvalue weighted by Crippen LogP contribution is 2.34. The van der Waals surface area contributed by atoms with Crippen LogP contribution in [0.3, 0.4) is 0 Å². The highest BCUT2D eigenvalue weighted by molar-refractivity contribution is 6.31. The first-order chi connectivity index (χ1) is 10.0. The molecule has 6 heteroatoms. The van der Waals surface area contributed by atoms with Crippen molar-refractivity contribution in [3.05, 3.63) is 28.8 Å². The largest absolute Gasteiger partial charge is 0.381 e. The SMILES string of the molecule is CC1(Cn2c(CCl)nc3cc(F)c(Cl)cc32)CCOCC1. The minimum Gasteiger partial charge on any atom is -0.381 e. The number of alkyl halides is 1. The van der Waals surface area contributed by atoms with E-state index in [1.165, 1.54) is 6.07 Å². The van der Waals surface area contributed by atoms with Crippen molar-refractivity contribution in [3.8, 4) is 0 Å². The van der Waals surface area contributed by atoms with Crippen molar-refractivity contribution < 1.29 is 9.13 Å². The molecule has 114 valence electrons. The summed E-state index contributed by atoms with van der Waals surface area (Å²) < 4.78 is 21.1. The maximum Gasteiger partial charge on any atom is 0.144 e. The molecule has 0 amide bonds. The van der Waals surface area contributed by atoms with Crippen molar-refractivity contribution in [2.45, 2.75) is 32.2 Å². The van der Waals surface area contributed by atoms with Crippen LogP contribution >= 0.6 is 23.2 Å². The fourth-order valence-corrected chi connectivity index (χ4v) is 3.21. The van der Waals surface area contributed by atoms with Crippen molar-refractivity contribution in [2.24, 2.45) is 5.41 Å². The van der Waals surface area contributed by atoms with E-state index in [1.54, 1.807) is 6.07 Å². The lowest BCUT2D eigenvalue weighted by Crippen LogP contribution is -2.31. The number of fused-ring (bicyclic) bond motifs is 1. The molecule has 2 heterocycles. The summed E-state index contributed by atoms with van der Waals surface area (Å²) in [5.41, 5.74) is 1.57. The molecule has 0 radical (unpaired) electrons.